The second kappa shape index (κ2) is 3.55. The van der Waals surface area contributed by atoms with Gasteiger partial charge in [-0.3, -0.25) is 19.3 Å². The number of hydrogen-bond acceptors (Lipinski definition) is 4. The van der Waals surface area contributed by atoms with Crippen molar-refractivity contribution in [1.82, 2.24) is 4.90 Å². The van der Waals surface area contributed by atoms with Gasteiger partial charge in [-0.05, 0) is 18.8 Å². The Morgan fingerprint density at radius 3 is 2.19 bits per heavy atom. The molecule has 1 atom stereocenters. The molecule has 3 amide bonds. The van der Waals surface area contributed by atoms with Gasteiger partial charge in [0.05, 0.1) is 6.54 Å². The molecule has 0 radical (unpaired) electrons. The maximum Gasteiger partial charge on any atom is 0.239 e. The summed E-state index contributed by atoms with van der Waals surface area (Å²) in [6.07, 6.45) is 2.07. The van der Waals surface area contributed by atoms with Gasteiger partial charge in [-0.1, -0.05) is 0 Å². The summed E-state index contributed by atoms with van der Waals surface area (Å²) in [6, 6.07) is 0. The van der Waals surface area contributed by atoms with E-state index in [0.29, 0.717) is 0 Å². The predicted molar refractivity (Wildman–Crippen MR) is 54.8 cm³/mol. The zero-order valence-electron chi connectivity index (χ0n) is 8.94. The third kappa shape index (κ3) is 1.69. The fourth-order valence-electron chi connectivity index (χ4n) is 2.07. The maximum absolute atomic E-state index is 11.4. The van der Waals surface area contributed by atoms with Gasteiger partial charge in [0.15, 0.2) is 0 Å². The number of carbonyl (C=O) groups is 3. The molecule has 6 nitrogen and oxygen atoms in total. The molecule has 88 valence electrons. The molecule has 1 saturated heterocycles. The van der Waals surface area contributed by atoms with E-state index in [1.54, 1.807) is 0 Å². The first-order valence-corrected chi connectivity index (χ1v) is 5.37. The summed E-state index contributed by atoms with van der Waals surface area (Å²) in [6.45, 7) is -0.0648. The van der Waals surface area contributed by atoms with E-state index in [-0.39, 0.29) is 37.1 Å². The van der Waals surface area contributed by atoms with Gasteiger partial charge >= 0.3 is 0 Å². The highest BCUT2D eigenvalue weighted by molar-refractivity contribution is 6.02. The normalized spacial score (nSPS) is 24.7. The van der Waals surface area contributed by atoms with Crippen LogP contribution < -0.4 is 11.5 Å². The average Bonchev–Trinajstić information content (AvgIpc) is 3.01. The smallest absolute Gasteiger partial charge is 0.239 e. The quantitative estimate of drug-likeness (QED) is 0.581. The standard InChI is InChI=1S/C10H15N3O3/c11-9(16)10(12,6-1-2-6)5-13-7(14)3-4-8(13)15/h6H,1-5,12H2,(H2,11,16). The Morgan fingerprint density at radius 2 is 1.81 bits per heavy atom. The molecule has 1 heterocycles. The van der Waals surface area contributed by atoms with E-state index in [9.17, 15) is 14.4 Å². The number of nitrogens with two attached hydrogens (primary N) is 2. The summed E-state index contributed by atoms with van der Waals surface area (Å²) in [5.41, 5.74) is 9.96. The first-order chi connectivity index (χ1) is 7.45. The number of amides is 3. The molecule has 2 aliphatic rings. The number of imide groups is 1. The van der Waals surface area contributed by atoms with E-state index in [4.69, 9.17) is 11.5 Å². The van der Waals surface area contributed by atoms with Crippen LogP contribution in [-0.2, 0) is 14.4 Å². The summed E-state index contributed by atoms with van der Waals surface area (Å²) in [4.78, 5) is 35.3. The zero-order chi connectivity index (χ0) is 11.9. The molecule has 0 aromatic rings. The molecule has 0 spiro atoms. The molecule has 0 bridgehead atoms. The van der Waals surface area contributed by atoms with Crippen LogP contribution in [0.5, 0.6) is 0 Å². The van der Waals surface area contributed by atoms with Crippen LogP contribution in [0.15, 0.2) is 0 Å². The third-order valence-electron chi connectivity index (χ3n) is 3.34. The summed E-state index contributed by atoms with van der Waals surface area (Å²) < 4.78 is 0. The summed E-state index contributed by atoms with van der Waals surface area (Å²) in [7, 11) is 0. The number of hydrogen-bond donors (Lipinski definition) is 2. The van der Waals surface area contributed by atoms with E-state index >= 15 is 0 Å². The lowest BCUT2D eigenvalue weighted by Gasteiger charge is -2.29. The van der Waals surface area contributed by atoms with Crippen molar-refractivity contribution in [1.29, 1.82) is 0 Å². The van der Waals surface area contributed by atoms with Crippen LogP contribution in [0.2, 0.25) is 0 Å². The highest BCUT2D eigenvalue weighted by atomic mass is 16.2. The van der Waals surface area contributed by atoms with E-state index in [1.165, 1.54) is 0 Å². The highest BCUT2D eigenvalue weighted by Crippen LogP contribution is 2.39. The topological polar surface area (TPSA) is 106 Å². The second-order valence-corrected chi connectivity index (χ2v) is 4.55. The molecule has 1 aliphatic carbocycles. The van der Waals surface area contributed by atoms with Gasteiger partial charge in [-0.15, -0.1) is 0 Å². The SMILES string of the molecule is NC(=O)C(N)(CN1C(=O)CCC1=O)C1CC1. The molecule has 0 aromatic carbocycles. The van der Waals surface area contributed by atoms with Crippen molar-refractivity contribution in [3.05, 3.63) is 0 Å². The van der Waals surface area contributed by atoms with Gasteiger partial charge in [-0.2, -0.15) is 0 Å². The van der Waals surface area contributed by atoms with Crippen LogP contribution in [-0.4, -0.2) is 34.7 Å². The van der Waals surface area contributed by atoms with Crippen molar-refractivity contribution in [2.75, 3.05) is 6.54 Å². The minimum absolute atomic E-state index is 0.00574. The Morgan fingerprint density at radius 1 is 1.31 bits per heavy atom. The fraction of sp³-hybridized carbons (Fsp3) is 0.700. The number of likely N-dealkylation sites (tertiary alicyclic amines) is 1. The van der Waals surface area contributed by atoms with Crippen molar-refractivity contribution < 1.29 is 14.4 Å². The minimum atomic E-state index is -1.24. The van der Waals surface area contributed by atoms with Crippen molar-refractivity contribution in [3.8, 4) is 0 Å². The van der Waals surface area contributed by atoms with Gasteiger partial charge in [0.25, 0.3) is 0 Å². The van der Waals surface area contributed by atoms with Crippen LogP contribution in [0.25, 0.3) is 0 Å². The van der Waals surface area contributed by atoms with Crippen LogP contribution in [0.3, 0.4) is 0 Å². The molecule has 16 heavy (non-hydrogen) atoms. The second-order valence-electron chi connectivity index (χ2n) is 4.55. The number of rotatable bonds is 4. The van der Waals surface area contributed by atoms with Gasteiger partial charge in [0, 0.05) is 12.8 Å². The monoisotopic (exact) mass is 225 g/mol. The number of nitrogens with zero attached hydrogens (tertiary/aromatic N) is 1. The molecule has 1 saturated carbocycles. The first kappa shape index (κ1) is 11.1. The molecule has 4 N–H and O–H groups in total. The van der Waals surface area contributed by atoms with Crippen molar-refractivity contribution >= 4 is 17.7 Å². The average molecular weight is 225 g/mol. The van der Waals surface area contributed by atoms with E-state index in [0.717, 1.165) is 17.7 Å². The van der Waals surface area contributed by atoms with Gasteiger partial charge in [0.2, 0.25) is 17.7 Å². The molecule has 2 fully saturated rings. The molecule has 0 aromatic heterocycles. The Hall–Kier alpha value is -1.43. The number of primary amides is 1. The van der Waals surface area contributed by atoms with Crippen LogP contribution in [0.4, 0.5) is 0 Å². The van der Waals surface area contributed by atoms with E-state index < -0.39 is 11.4 Å². The summed E-state index contributed by atoms with van der Waals surface area (Å²) >= 11 is 0. The summed E-state index contributed by atoms with van der Waals surface area (Å²) in [5.74, 6) is -1.16. The van der Waals surface area contributed by atoms with Crippen LogP contribution in [0, 0.1) is 5.92 Å². The van der Waals surface area contributed by atoms with Crippen molar-refractivity contribution in [2.24, 2.45) is 17.4 Å². The molecular formula is C10H15N3O3. The minimum Gasteiger partial charge on any atom is -0.368 e. The van der Waals surface area contributed by atoms with Gasteiger partial charge in [-0.25, -0.2) is 0 Å². The summed E-state index contributed by atoms with van der Waals surface area (Å²) in [5, 5.41) is 0. The van der Waals surface area contributed by atoms with Gasteiger partial charge < -0.3 is 11.5 Å². The lowest BCUT2D eigenvalue weighted by molar-refractivity contribution is -0.140. The van der Waals surface area contributed by atoms with Gasteiger partial charge in [0.1, 0.15) is 5.54 Å². The lowest BCUT2D eigenvalue weighted by Crippen LogP contribution is -2.61. The lowest BCUT2D eigenvalue weighted by atomic mass is 9.93. The van der Waals surface area contributed by atoms with E-state index in [2.05, 4.69) is 0 Å². The Kier molecular flexibility index (Phi) is 2.46. The molecule has 2 rings (SSSR count). The maximum atomic E-state index is 11.4. The number of carbonyl (C=O) groups excluding carboxylic acids is 3. The molecular weight excluding hydrogens is 210 g/mol. The van der Waals surface area contributed by atoms with Crippen molar-refractivity contribution in [3.63, 3.8) is 0 Å². The van der Waals surface area contributed by atoms with E-state index in [1.807, 2.05) is 0 Å². The Labute approximate surface area is 92.9 Å². The highest BCUT2D eigenvalue weighted by Gasteiger charge is 2.50. The Balaban J connectivity index is 2.14. The van der Waals surface area contributed by atoms with Crippen molar-refractivity contribution in [2.45, 2.75) is 31.2 Å². The molecule has 1 aliphatic heterocycles. The Bertz CT molecular complexity index is 348. The predicted octanol–water partition coefficient (Wildman–Crippen LogP) is -1.27. The third-order valence-corrected chi connectivity index (χ3v) is 3.34. The zero-order valence-corrected chi connectivity index (χ0v) is 8.94. The fourth-order valence-corrected chi connectivity index (χ4v) is 2.07. The molecule has 6 heteroatoms. The largest absolute Gasteiger partial charge is 0.368 e. The first-order valence-electron chi connectivity index (χ1n) is 5.37. The van der Waals surface area contributed by atoms with Crippen LogP contribution in [0.1, 0.15) is 25.7 Å². The van der Waals surface area contributed by atoms with Crippen LogP contribution >= 0.6 is 0 Å². The molecule has 1 unspecified atom stereocenters.